The zero-order valence-electron chi connectivity index (χ0n) is 16.9. The second kappa shape index (κ2) is 7.09. The monoisotopic (exact) mass is 386 g/mol. The maximum Gasteiger partial charge on any atom is 0.231 e. The molecule has 0 spiro atoms. The molecule has 4 rings (SSSR count). The van der Waals surface area contributed by atoms with Gasteiger partial charge in [-0.25, -0.2) is 0 Å². The summed E-state index contributed by atoms with van der Waals surface area (Å²) < 4.78 is 28.4. The van der Waals surface area contributed by atoms with E-state index in [0.717, 1.165) is 28.7 Å². The van der Waals surface area contributed by atoms with Crippen molar-refractivity contribution in [3.63, 3.8) is 0 Å². The summed E-state index contributed by atoms with van der Waals surface area (Å²) in [5.74, 6) is 3.22. The quantitative estimate of drug-likeness (QED) is 0.861. The largest absolute Gasteiger partial charge is 0.493 e. The van der Waals surface area contributed by atoms with Gasteiger partial charge in [-0.2, -0.15) is 0 Å². The molecule has 0 unspecified atom stereocenters. The molecule has 0 fully saturated rings. The average Bonchev–Trinajstić information content (AvgIpc) is 3.18. The van der Waals surface area contributed by atoms with Crippen LogP contribution in [0, 0.1) is 11.8 Å². The molecule has 6 nitrogen and oxygen atoms in total. The van der Waals surface area contributed by atoms with Crippen molar-refractivity contribution in [2.75, 3.05) is 28.1 Å². The van der Waals surface area contributed by atoms with E-state index in [2.05, 4.69) is 19.9 Å². The molecule has 150 valence electrons. The number of hydrogen-bond acceptors (Lipinski definition) is 6. The van der Waals surface area contributed by atoms with E-state index in [1.54, 1.807) is 21.3 Å². The fraction of sp³-hybridized carbons (Fsp3) is 0.455. The Kier molecular flexibility index (Phi) is 4.75. The van der Waals surface area contributed by atoms with Crippen LogP contribution in [0.1, 0.15) is 31.1 Å². The fourth-order valence-corrected chi connectivity index (χ4v) is 4.26. The van der Waals surface area contributed by atoms with Gasteiger partial charge in [0.2, 0.25) is 12.5 Å². The number of ether oxygens (including phenoxy) is 5. The Morgan fingerprint density at radius 3 is 2.39 bits per heavy atom. The molecule has 0 radical (unpaired) electrons. The Bertz CT molecular complexity index is 907. The summed E-state index contributed by atoms with van der Waals surface area (Å²) in [5.41, 5.74) is 3.49. The molecule has 0 saturated carbocycles. The first-order valence-corrected chi connectivity index (χ1v) is 9.44. The molecule has 28 heavy (non-hydrogen) atoms. The minimum absolute atomic E-state index is 0.0464. The molecular weight excluding hydrogens is 360 g/mol. The maximum atomic E-state index is 11.2. The van der Waals surface area contributed by atoms with E-state index in [1.807, 2.05) is 12.1 Å². The molecule has 1 N–H and O–H groups in total. The van der Waals surface area contributed by atoms with Crippen LogP contribution in [0.5, 0.6) is 28.7 Å². The van der Waals surface area contributed by atoms with Crippen molar-refractivity contribution >= 4 is 0 Å². The van der Waals surface area contributed by atoms with E-state index in [1.165, 1.54) is 0 Å². The molecule has 2 aromatic rings. The molecule has 0 aromatic heterocycles. The van der Waals surface area contributed by atoms with Crippen LogP contribution in [0.4, 0.5) is 0 Å². The van der Waals surface area contributed by atoms with Crippen molar-refractivity contribution in [1.29, 1.82) is 0 Å². The molecule has 0 bridgehead atoms. The lowest BCUT2D eigenvalue weighted by Gasteiger charge is -2.32. The third-order valence-corrected chi connectivity index (χ3v) is 5.99. The molecule has 3 atom stereocenters. The van der Waals surface area contributed by atoms with Gasteiger partial charge in [-0.1, -0.05) is 19.9 Å². The number of aliphatic hydroxyl groups is 1. The Hall–Kier alpha value is -2.60. The first-order valence-electron chi connectivity index (χ1n) is 9.44. The Morgan fingerprint density at radius 1 is 0.964 bits per heavy atom. The van der Waals surface area contributed by atoms with Gasteiger partial charge in [0.15, 0.2) is 23.0 Å². The Balaban J connectivity index is 2.13. The predicted octanol–water partition coefficient (Wildman–Crippen LogP) is 3.97. The van der Waals surface area contributed by atoms with Crippen LogP contribution in [0.3, 0.4) is 0 Å². The first-order chi connectivity index (χ1) is 13.5. The maximum absolute atomic E-state index is 11.2. The SMILES string of the molecule is COc1ccc2c(c1OC)-c1c(cc3c(c1OC)OCO3)[C@H](O)[C@H](C)[C@@H](C)C2. The number of benzene rings is 2. The molecule has 1 aliphatic carbocycles. The van der Waals surface area contributed by atoms with Crippen molar-refractivity contribution in [1.82, 2.24) is 0 Å². The van der Waals surface area contributed by atoms with Crippen molar-refractivity contribution in [2.24, 2.45) is 11.8 Å². The van der Waals surface area contributed by atoms with E-state index in [4.69, 9.17) is 23.7 Å². The zero-order valence-corrected chi connectivity index (χ0v) is 16.9. The number of methoxy groups -OCH3 is 3. The Morgan fingerprint density at radius 2 is 1.71 bits per heavy atom. The molecule has 2 aromatic carbocycles. The highest BCUT2D eigenvalue weighted by molar-refractivity contribution is 5.87. The van der Waals surface area contributed by atoms with Crippen LogP contribution >= 0.6 is 0 Å². The number of rotatable bonds is 3. The summed E-state index contributed by atoms with van der Waals surface area (Å²) in [6.45, 7) is 4.35. The third kappa shape index (κ3) is 2.66. The van der Waals surface area contributed by atoms with Gasteiger partial charge in [-0.3, -0.25) is 0 Å². The third-order valence-electron chi connectivity index (χ3n) is 5.99. The van der Waals surface area contributed by atoms with Gasteiger partial charge in [-0.05, 0) is 41.5 Å². The lowest BCUT2D eigenvalue weighted by molar-refractivity contribution is 0.0864. The fourth-order valence-electron chi connectivity index (χ4n) is 4.26. The summed E-state index contributed by atoms with van der Waals surface area (Å²) in [4.78, 5) is 0. The van der Waals surface area contributed by atoms with Gasteiger partial charge >= 0.3 is 0 Å². The highest BCUT2D eigenvalue weighted by Gasteiger charge is 2.36. The summed E-state index contributed by atoms with van der Waals surface area (Å²) in [7, 11) is 4.84. The van der Waals surface area contributed by atoms with E-state index in [0.29, 0.717) is 28.7 Å². The van der Waals surface area contributed by atoms with Gasteiger partial charge in [0.25, 0.3) is 0 Å². The van der Waals surface area contributed by atoms with Crippen LogP contribution in [-0.4, -0.2) is 33.2 Å². The smallest absolute Gasteiger partial charge is 0.231 e. The number of hydrogen-bond donors (Lipinski definition) is 1. The van der Waals surface area contributed by atoms with Crippen LogP contribution in [0.15, 0.2) is 18.2 Å². The molecule has 1 heterocycles. The van der Waals surface area contributed by atoms with Crippen molar-refractivity contribution in [2.45, 2.75) is 26.4 Å². The van der Waals surface area contributed by atoms with E-state index in [9.17, 15) is 5.11 Å². The average molecular weight is 386 g/mol. The summed E-state index contributed by atoms with van der Waals surface area (Å²) in [5, 5.41) is 11.2. The summed E-state index contributed by atoms with van der Waals surface area (Å²) >= 11 is 0. The molecule has 2 aliphatic rings. The molecular formula is C22H26O6. The highest BCUT2D eigenvalue weighted by atomic mass is 16.7. The van der Waals surface area contributed by atoms with Crippen molar-refractivity contribution < 1.29 is 28.8 Å². The van der Waals surface area contributed by atoms with E-state index < -0.39 is 6.10 Å². The van der Waals surface area contributed by atoms with Crippen molar-refractivity contribution in [3.05, 3.63) is 29.3 Å². The van der Waals surface area contributed by atoms with Crippen LogP contribution < -0.4 is 23.7 Å². The minimum atomic E-state index is -0.683. The van der Waals surface area contributed by atoms with Crippen molar-refractivity contribution in [3.8, 4) is 39.9 Å². The number of aliphatic hydroxyl groups excluding tert-OH is 1. The van der Waals surface area contributed by atoms with Gasteiger partial charge in [0.1, 0.15) is 0 Å². The normalized spacial score (nSPS) is 22.6. The van der Waals surface area contributed by atoms with Gasteiger partial charge < -0.3 is 28.8 Å². The molecule has 1 aliphatic heterocycles. The van der Waals surface area contributed by atoms with Crippen LogP contribution in [-0.2, 0) is 6.42 Å². The summed E-state index contributed by atoms with van der Waals surface area (Å²) in [6.07, 6.45) is 0.114. The highest BCUT2D eigenvalue weighted by Crippen LogP contribution is 2.56. The van der Waals surface area contributed by atoms with E-state index in [-0.39, 0.29) is 18.6 Å². The van der Waals surface area contributed by atoms with Crippen LogP contribution in [0.2, 0.25) is 0 Å². The zero-order chi connectivity index (χ0) is 20.0. The predicted molar refractivity (Wildman–Crippen MR) is 105 cm³/mol. The lowest BCUT2D eigenvalue weighted by Crippen LogP contribution is -2.22. The molecule has 0 saturated heterocycles. The van der Waals surface area contributed by atoms with E-state index >= 15 is 0 Å². The van der Waals surface area contributed by atoms with Crippen LogP contribution in [0.25, 0.3) is 11.1 Å². The van der Waals surface area contributed by atoms with Gasteiger partial charge in [0, 0.05) is 11.1 Å². The second-order valence-corrected chi connectivity index (χ2v) is 7.43. The standard InChI is InChI=1S/C22H26O6/c1-11-8-13-6-7-15(24-3)20(25-4)17(13)18-14(19(23)12(11)2)9-16-21(22(18)26-5)28-10-27-16/h6-7,9,11-12,19,23H,8,10H2,1-5H3/t11-,12+,19+/m0/s1. The van der Waals surface area contributed by atoms with Gasteiger partial charge in [0.05, 0.1) is 27.4 Å². The van der Waals surface area contributed by atoms with Gasteiger partial charge in [-0.15, -0.1) is 0 Å². The lowest BCUT2D eigenvalue weighted by atomic mass is 9.76. The minimum Gasteiger partial charge on any atom is -0.493 e. The topological polar surface area (TPSA) is 66.4 Å². The first kappa shape index (κ1) is 18.7. The molecule has 6 heteroatoms. The molecule has 0 amide bonds. The summed E-state index contributed by atoms with van der Waals surface area (Å²) in [6, 6.07) is 5.85. The second-order valence-electron chi connectivity index (χ2n) is 7.43. The number of fused-ring (bicyclic) bond motifs is 4. The Labute approximate surface area is 164 Å².